The van der Waals surface area contributed by atoms with Crippen LogP contribution < -0.4 is 5.32 Å². The maximum Gasteiger partial charge on any atom is 0.220 e. The maximum atomic E-state index is 13.0. The summed E-state index contributed by atoms with van der Waals surface area (Å²) in [5.41, 5.74) is 0. The van der Waals surface area contributed by atoms with Crippen molar-refractivity contribution in [2.45, 2.75) is 307 Å². The number of aliphatic hydroxyl groups excluding tert-OH is 5. The molecule has 0 bridgehead atoms. The van der Waals surface area contributed by atoms with E-state index in [-0.39, 0.29) is 12.5 Å². The summed E-state index contributed by atoms with van der Waals surface area (Å²) in [6, 6.07) is -0.835. The van der Waals surface area contributed by atoms with Gasteiger partial charge in [-0.3, -0.25) is 4.79 Å². The number of allylic oxidation sites excluding steroid dienone is 9. The molecule has 0 spiro atoms. The van der Waals surface area contributed by atoms with Crippen LogP contribution in [0.15, 0.2) is 60.8 Å². The molecule has 408 valence electrons. The van der Waals surface area contributed by atoms with E-state index in [0.717, 1.165) is 64.2 Å². The van der Waals surface area contributed by atoms with Crippen molar-refractivity contribution < 1.29 is 39.8 Å². The third-order valence-electron chi connectivity index (χ3n) is 13.8. The SMILES string of the molecule is CCCCCC/C=C\C/C=C\CCCCCCCCCC(=O)NC(COC1OC(CO)C(O)C(O)C1O)C(O)/C=C/CC/C=C/CC/C=C/CCCCCCCCCCCCCCCCCCCCC. The molecule has 1 amide bonds. The Morgan fingerprint density at radius 3 is 1.30 bits per heavy atom. The minimum atomic E-state index is -1.58. The minimum absolute atomic E-state index is 0.199. The smallest absolute Gasteiger partial charge is 0.220 e. The zero-order chi connectivity index (χ0) is 50.8. The normalized spacial score (nSPS) is 19.8. The quantitative estimate of drug-likeness (QED) is 0.0261. The van der Waals surface area contributed by atoms with Crippen LogP contribution in [0.5, 0.6) is 0 Å². The van der Waals surface area contributed by atoms with Gasteiger partial charge in [0.2, 0.25) is 5.91 Å². The van der Waals surface area contributed by atoms with Crippen LogP contribution in [0.2, 0.25) is 0 Å². The van der Waals surface area contributed by atoms with Gasteiger partial charge in [-0.2, -0.15) is 0 Å². The molecule has 7 atom stereocenters. The molecule has 70 heavy (non-hydrogen) atoms. The second-order valence-corrected chi connectivity index (χ2v) is 20.4. The van der Waals surface area contributed by atoms with E-state index in [1.807, 2.05) is 6.08 Å². The average Bonchev–Trinajstić information content (AvgIpc) is 3.36. The Morgan fingerprint density at radius 2 is 0.857 bits per heavy atom. The molecular formula is C61H111NO8. The molecular weight excluding hydrogens is 875 g/mol. The molecule has 1 fully saturated rings. The first-order chi connectivity index (χ1) is 34.3. The lowest BCUT2D eigenvalue weighted by Crippen LogP contribution is -2.60. The Morgan fingerprint density at radius 1 is 0.486 bits per heavy atom. The Labute approximate surface area is 430 Å². The fourth-order valence-electron chi connectivity index (χ4n) is 9.10. The molecule has 1 aliphatic rings. The average molecular weight is 987 g/mol. The van der Waals surface area contributed by atoms with E-state index in [9.17, 15) is 30.3 Å². The molecule has 1 heterocycles. The predicted molar refractivity (Wildman–Crippen MR) is 295 cm³/mol. The van der Waals surface area contributed by atoms with E-state index in [1.165, 1.54) is 180 Å². The molecule has 9 nitrogen and oxygen atoms in total. The maximum absolute atomic E-state index is 13.0. The number of ether oxygens (including phenoxy) is 2. The molecule has 9 heteroatoms. The van der Waals surface area contributed by atoms with Crippen LogP contribution >= 0.6 is 0 Å². The van der Waals surface area contributed by atoms with Crippen LogP contribution in [0, 0.1) is 0 Å². The highest BCUT2D eigenvalue weighted by Crippen LogP contribution is 2.23. The van der Waals surface area contributed by atoms with Gasteiger partial charge in [0.15, 0.2) is 6.29 Å². The second kappa shape index (κ2) is 50.4. The highest BCUT2D eigenvalue weighted by Gasteiger charge is 2.44. The van der Waals surface area contributed by atoms with E-state index >= 15 is 0 Å². The summed E-state index contributed by atoms with van der Waals surface area (Å²) in [5.74, 6) is -0.199. The molecule has 1 saturated heterocycles. The van der Waals surface area contributed by atoms with Gasteiger partial charge in [-0.1, -0.05) is 242 Å². The van der Waals surface area contributed by atoms with Crippen molar-refractivity contribution in [1.82, 2.24) is 5.32 Å². The summed E-state index contributed by atoms with van der Waals surface area (Å²) < 4.78 is 11.2. The Kier molecular flexibility index (Phi) is 47.5. The molecule has 0 aromatic rings. The second-order valence-electron chi connectivity index (χ2n) is 20.4. The largest absolute Gasteiger partial charge is 0.394 e. The molecule has 0 aromatic heterocycles. The molecule has 0 aliphatic carbocycles. The number of aliphatic hydroxyl groups is 5. The van der Waals surface area contributed by atoms with E-state index in [4.69, 9.17) is 9.47 Å². The van der Waals surface area contributed by atoms with Gasteiger partial charge in [-0.25, -0.2) is 0 Å². The number of unbranched alkanes of at least 4 members (excludes halogenated alkanes) is 32. The van der Waals surface area contributed by atoms with Gasteiger partial charge >= 0.3 is 0 Å². The van der Waals surface area contributed by atoms with Gasteiger partial charge in [-0.15, -0.1) is 0 Å². The summed E-state index contributed by atoms with van der Waals surface area (Å²) in [6.07, 6.45) is 61.5. The number of rotatable bonds is 50. The fraction of sp³-hybridized carbons (Fsp3) is 0.820. The number of carbonyl (C=O) groups excluding carboxylic acids is 1. The van der Waals surface area contributed by atoms with Gasteiger partial charge in [-0.05, 0) is 77.0 Å². The van der Waals surface area contributed by atoms with Crippen LogP contribution in [-0.4, -0.2) is 87.5 Å². The number of hydrogen-bond donors (Lipinski definition) is 6. The third-order valence-corrected chi connectivity index (χ3v) is 13.8. The number of nitrogens with one attached hydrogen (secondary N) is 1. The standard InChI is InChI=1S/C61H111NO8/c1-3-5-7-9-11-13-15-17-19-21-23-24-25-26-27-28-29-30-31-32-33-34-36-38-40-42-44-46-48-50-55(64)54(53-69-61-60(68)59(67)58(66)56(52-63)70-61)62-57(65)51-49-47-45-43-41-39-37-35-22-20-18-16-14-12-10-8-6-4-2/h14,16,20,22,33-34,40,42,48,50,54-56,58-61,63-64,66-68H,3-13,15,17-19,21,23-32,35-39,41,43-47,49,51-53H2,1-2H3,(H,62,65)/b16-14-,22-20-,34-33+,42-40+,50-48+. The summed E-state index contributed by atoms with van der Waals surface area (Å²) >= 11 is 0. The van der Waals surface area contributed by atoms with Crippen LogP contribution in [0.25, 0.3) is 0 Å². The van der Waals surface area contributed by atoms with Gasteiger partial charge in [0.1, 0.15) is 24.4 Å². The fourth-order valence-corrected chi connectivity index (χ4v) is 9.10. The van der Waals surface area contributed by atoms with Crippen LogP contribution in [0.3, 0.4) is 0 Å². The summed E-state index contributed by atoms with van der Waals surface area (Å²) in [7, 11) is 0. The first-order valence-corrected chi connectivity index (χ1v) is 29.5. The predicted octanol–water partition coefficient (Wildman–Crippen LogP) is 14.7. The molecule has 7 unspecified atom stereocenters. The van der Waals surface area contributed by atoms with Crippen molar-refractivity contribution in [3.05, 3.63) is 60.8 Å². The van der Waals surface area contributed by atoms with Crippen molar-refractivity contribution in [3.63, 3.8) is 0 Å². The number of amides is 1. The molecule has 1 rings (SSSR count). The van der Waals surface area contributed by atoms with Crippen molar-refractivity contribution in [2.24, 2.45) is 0 Å². The van der Waals surface area contributed by atoms with Crippen molar-refractivity contribution in [1.29, 1.82) is 0 Å². The number of hydrogen-bond acceptors (Lipinski definition) is 8. The van der Waals surface area contributed by atoms with Crippen molar-refractivity contribution >= 4 is 5.91 Å². The number of carbonyl (C=O) groups is 1. The minimum Gasteiger partial charge on any atom is -0.394 e. The van der Waals surface area contributed by atoms with Crippen molar-refractivity contribution in [3.8, 4) is 0 Å². The Hall–Kier alpha value is -2.11. The summed E-state index contributed by atoms with van der Waals surface area (Å²) in [5, 5.41) is 54.5. The first-order valence-electron chi connectivity index (χ1n) is 29.5. The van der Waals surface area contributed by atoms with Gasteiger partial charge in [0, 0.05) is 6.42 Å². The monoisotopic (exact) mass is 986 g/mol. The van der Waals surface area contributed by atoms with E-state index in [0.29, 0.717) is 6.42 Å². The van der Waals surface area contributed by atoms with Gasteiger partial charge in [0.05, 0.1) is 25.4 Å². The van der Waals surface area contributed by atoms with Gasteiger partial charge in [0.25, 0.3) is 0 Å². The van der Waals surface area contributed by atoms with E-state index in [1.54, 1.807) is 6.08 Å². The molecule has 0 saturated carbocycles. The van der Waals surface area contributed by atoms with E-state index < -0.39 is 49.5 Å². The molecule has 6 N–H and O–H groups in total. The van der Waals surface area contributed by atoms with Crippen LogP contribution in [0.1, 0.15) is 264 Å². The zero-order valence-electron chi connectivity index (χ0n) is 45.3. The van der Waals surface area contributed by atoms with Crippen molar-refractivity contribution in [2.75, 3.05) is 13.2 Å². The lowest BCUT2D eigenvalue weighted by molar-refractivity contribution is -0.302. The first kappa shape index (κ1) is 65.9. The van der Waals surface area contributed by atoms with Gasteiger partial charge < -0.3 is 40.3 Å². The lowest BCUT2D eigenvalue weighted by atomic mass is 9.99. The Balaban J connectivity index is 2.25. The topological polar surface area (TPSA) is 149 Å². The van der Waals surface area contributed by atoms with Crippen LogP contribution in [0.4, 0.5) is 0 Å². The summed E-state index contributed by atoms with van der Waals surface area (Å²) in [4.78, 5) is 13.0. The zero-order valence-corrected chi connectivity index (χ0v) is 45.3. The highest BCUT2D eigenvalue weighted by molar-refractivity contribution is 5.76. The third kappa shape index (κ3) is 39.4. The Bertz CT molecular complexity index is 1280. The lowest BCUT2D eigenvalue weighted by Gasteiger charge is -2.40. The summed E-state index contributed by atoms with van der Waals surface area (Å²) in [6.45, 7) is 3.75. The van der Waals surface area contributed by atoms with Crippen LogP contribution in [-0.2, 0) is 14.3 Å². The molecule has 1 aliphatic heterocycles. The van der Waals surface area contributed by atoms with E-state index in [2.05, 4.69) is 67.8 Å². The highest BCUT2D eigenvalue weighted by atomic mass is 16.7. The molecule has 0 radical (unpaired) electrons. The molecule has 0 aromatic carbocycles.